The van der Waals surface area contributed by atoms with E-state index in [1.165, 1.54) is 30.8 Å². The Morgan fingerprint density at radius 2 is 2.40 bits per heavy atom. The summed E-state index contributed by atoms with van der Waals surface area (Å²) in [5.74, 6) is 2.68. The third-order valence-corrected chi connectivity index (χ3v) is 3.75. The minimum atomic E-state index is 0.567. The van der Waals surface area contributed by atoms with Crippen molar-refractivity contribution in [2.75, 3.05) is 18.1 Å². The molecule has 0 aliphatic carbocycles. The molecule has 0 aromatic rings. The molecule has 1 saturated heterocycles. The van der Waals surface area contributed by atoms with Crippen LogP contribution < -0.4 is 5.73 Å². The summed E-state index contributed by atoms with van der Waals surface area (Å²) in [6.07, 6.45) is 3.98. The number of hydrogen-bond donors (Lipinski definition) is 1. The normalized spacial score (nSPS) is 34.2. The van der Waals surface area contributed by atoms with Gasteiger partial charge in [-0.2, -0.15) is 11.8 Å². The van der Waals surface area contributed by atoms with Crippen molar-refractivity contribution < 1.29 is 0 Å². The number of thioether (sulfide) groups is 1. The standard InChI is InChI=1S/C8H17NS/c1-8(4-5-9)3-2-6-10-7-8/h2-7,9H2,1H3. The van der Waals surface area contributed by atoms with Crippen molar-refractivity contribution in [2.24, 2.45) is 11.1 Å². The van der Waals surface area contributed by atoms with E-state index in [2.05, 4.69) is 18.7 Å². The monoisotopic (exact) mass is 159 g/mol. The molecule has 2 heteroatoms. The van der Waals surface area contributed by atoms with Gasteiger partial charge < -0.3 is 5.73 Å². The van der Waals surface area contributed by atoms with E-state index in [0.717, 1.165) is 6.54 Å². The smallest absolute Gasteiger partial charge is 0.00130 e. The van der Waals surface area contributed by atoms with Gasteiger partial charge in [-0.1, -0.05) is 6.92 Å². The van der Waals surface area contributed by atoms with Crippen LogP contribution in [0.2, 0.25) is 0 Å². The molecule has 1 nitrogen and oxygen atoms in total. The zero-order chi connectivity index (χ0) is 7.45. The molecule has 1 aliphatic rings. The molecule has 1 aliphatic heterocycles. The Kier molecular flexibility index (Phi) is 3.05. The lowest BCUT2D eigenvalue weighted by Crippen LogP contribution is -2.26. The Morgan fingerprint density at radius 3 is 2.90 bits per heavy atom. The first-order chi connectivity index (χ1) is 4.77. The second-order valence-electron chi connectivity index (χ2n) is 3.51. The molecule has 0 radical (unpaired) electrons. The highest BCUT2D eigenvalue weighted by Crippen LogP contribution is 2.36. The highest BCUT2D eigenvalue weighted by Gasteiger charge is 2.25. The molecule has 1 unspecified atom stereocenters. The van der Waals surface area contributed by atoms with Gasteiger partial charge in [0.1, 0.15) is 0 Å². The predicted octanol–water partition coefficient (Wildman–Crippen LogP) is 1.87. The Labute approximate surface area is 67.8 Å². The molecule has 10 heavy (non-hydrogen) atoms. The van der Waals surface area contributed by atoms with Gasteiger partial charge in [0.25, 0.3) is 0 Å². The van der Waals surface area contributed by atoms with Crippen LogP contribution in [0.5, 0.6) is 0 Å². The summed E-state index contributed by atoms with van der Waals surface area (Å²) < 4.78 is 0. The average molecular weight is 159 g/mol. The van der Waals surface area contributed by atoms with Crippen LogP contribution in [-0.4, -0.2) is 18.1 Å². The van der Waals surface area contributed by atoms with Crippen LogP contribution in [-0.2, 0) is 0 Å². The Hall–Kier alpha value is 0.310. The van der Waals surface area contributed by atoms with E-state index in [-0.39, 0.29) is 0 Å². The van der Waals surface area contributed by atoms with Gasteiger partial charge in [-0.15, -0.1) is 0 Å². The van der Waals surface area contributed by atoms with E-state index >= 15 is 0 Å². The van der Waals surface area contributed by atoms with Gasteiger partial charge in [0.05, 0.1) is 0 Å². The van der Waals surface area contributed by atoms with E-state index in [4.69, 9.17) is 5.73 Å². The van der Waals surface area contributed by atoms with E-state index in [9.17, 15) is 0 Å². The van der Waals surface area contributed by atoms with Gasteiger partial charge in [-0.3, -0.25) is 0 Å². The molecule has 1 heterocycles. The highest BCUT2D eigenvalue weighted by atomic mass is 32.2. The molecule has 60 valence electrons. The van der Waals surface area contributed by atoms with Crippen LogP contribution in [0, 0.1) is 5.41 Å². The third kappa shape index (κ3) is 2.17. The summed E-state index contributed by atoms with van der Waals surface area (Å²) in [6.45, 7) is 3.23. The van der Waals surface area contributed by atoms with Crippen molar-refractivity contribution in [1.29, 1.82) is 0 Å². The second-order valence-corrected chi connectivity index (χ2v) is 4.61. The molecule has 0 spiro atoms. The zero-order valence-electron chi connectivity index (χ0n) is 6.73. The fourth-order valence-corrected chi connectivity index (χ4v) is 2.81. The van der Waals surface area contributed by atoms with Crippen LogP contribution in [0.3, 0.4) is 0 Å². The van der Waals surface area contributed by atoms with Crippen molar-refractivity contribution in [2.45, 2.75) is 26.2 Å². The van der Waals surface area contributed by atoms with Crippen molar-refractivity contribution >= 4 is 11.8 Å². The van der Waals surface area contributed by atoms with E-state index in [1.54, 1.807) is 0 Å². The summed E-state index contributed by atoms with van der Waals surface area (Å²) in [6, 6.07) is 0. The fourth-order valence-electron chi connectivity index (χ4n) is 1.54. The van der Waals surface area contributed by atoms with Crippen molar-refractivity contribution in [3.63, 3.8) is 0 Å². The second kappa shape index (κ2) is 3.63. The lowest BCUT2D eigenvalue weighted by atomic mass is 9.84. The summed E-state index contributed by atoms with van der Waals surface area (Å²) >= 11 is 2.09. The first-order valence-corrected chi connectivity index (χ1v) is 5.20. The van der Waals surface area contributed by atoms with E-state index in [0.29, 0.717) is 5.41 Å². The fraction of sp³-hybridized carbons (Fsp3) is 1.00. The van der Waals surface area contributed by atoms with Crippen LogP contribution >= 0.6 is 11.8 Å². The molecule has 1 rings (SSSR count). The first-order valence-electron chi connectivity index (χ1n) is 4.05. The molecule has 2 N–H and O–H groups in total. The molecule has 1 fully saturated rings. The zero-order valence-corrected chi connectivity index (χ0v) is 7.54. The van der Waals surface area contributed by atoms with Gasteiger partial charge in [-0.05, 0) is 42.7 Å². The number of rotatable bonds is 2. The minimum absolute atomic E-state index is 0.567. The molecule has 1 atom stereocenters. The van der Waals surface area contributed by atoms with Crippen LogP contribution in [0.25, 0.3) is 0 Å². The average Bonchev–Trinajstić information content (AvgIpc) is 1.89. The van der Waals surface area contributed by atoms with Crippen molar-refractivity contribution in [1.82, 2.24) is 0 Å². The van der Waals surface area contributed by atoms with Gasteiger partial charge in [0.2, 0.25) is 0 Å². The first kappa shape index (κ1) is 8.41. The maximum atomic E-state index is 5.54. The SMILES string of the molecule is CC1(CCN)CCCSC1. The largest absolute Gasteiger partial charge is 0.330 e. The summed E-state index contributed by atoms with van der Waals surface area (Å²) in [5.41, 5.74) is 6.10. The maximum absolute atomic E-state index is 5.54. The summed E-state index contributed by atoms with van der Waals surface area (Å²) in [7, 11) is 0. The summed E-state index contributed by atoms with van der Waals surface area (Å²) in [4.78, 5) is 0. The molecular weight excluding hydrogens is 142 g/mol. The quantitative estimate of drug-likeness (QED) is 0.665. The molecule has 0 bridgehead atoms. The topological polar surface area (TPSA) is 26.0 Å². The van der Waals surface area contributed by atoms with Gasteiger partial charge in [-0.25, -0.2) is 0 Å². The number of hydrogen-bond acceptors (Lipinski definition) is 2. The Balaban J connectivity index is 2.32. The molecule has 0 aromatic carbocycles. The van der Waals surface area contributed by atoms with E-state index in [1.807, 2.05) is 0 Å². The van der Waals surface area contributed by atoms with Crippen LogP contribution in [0.15, 0.2) is 0 Å². The summed E-state index contributed by atoms with van der Waals surface area (Å²) in [5, 5.41) is 0. The molecule has 0 amide bonds. The Bertz CT molecular complexity index is 91.9. The minimum Gasteiger partial charge on any atom is -0.330 e. The van der Waals surface area contributed by atoms with Crippen LogP contribution in [0.1, 0.15) is 26.2 Å². The van der Waals surface area contributed by atoms with Crippen molar-refractivity contribution in [3.05, 3.63) is 0 Å². The molecule has 0 aromatic heterocycles. The maximum Gasteiger partial charge on any atom is -0.00130 e. The number of nitrogens with two attached hydrogens (primary N) is 1. The van der Waals surface area contributed by atoms with Crippen molar-refractivity contribution in [3.8, 4) is 0 Å². The third-order valence-electron chi connectivity index (χ3n) is 2.27. The molecular formula is C8H17NS. The van der Waals surface area contributed by atoms with E-state index < -0.39 is 0 Å². The van der Waals surface area contributed by atoms with Gasteiger partial charge >= 0.3 is 0 Å². The van der Waals surface area contributed by atoms with Crippen LogP contribution in [0.4, 0.5) is 0 Å². The van der Waals surface area contributed by atoms with Gasteiger partial charge in [0, 0.05) is 0 Å². The Morgan fingerprint density at radius 1 is 1.60 bits per heavy atom. The lowest BCUT2D eigenvalue weighted by molar-refractivity contribution is 0.312. The highest BCUT2D eigenvalue weighted by molar-refractivity contribution is 7.99. The van der Waals surface area contributed by atoms with Gasteiger partial charge in [0.15, 0.2) is 0 Å². The lowest BCUT2D eigenvalue weighted by Gasteiger charge is -2.32. The predicted molar refractivity (Wildman–Crippen MR) is 48.3 cm³/mol. The molecule has 0 saturated carbocycles.